The summed E-state index contributed by atoms with van der Waals surface area (Å²) in [5, 5.41) is 4.81. The molecule has 0 saturated heterocycles. The first-order valence-electron chi connectivity index (χ1n) is 6.92. The fourth-order valence-corrected chi connectivity index (χ4v) is 2.57. The zero-order chi connectivity index (χ0) is 15.4. The minimum Gasteiger partial charge on any atom is -0.294 e. The molecule has 3 rings (SSSR count). The molecule has 1 unspecified atom stereocenters. The number of halogens is 1. The number of Topliss-reactive ketones (excluding diaryl/α,β-unsaturated/α-hetero) is 1. The number of aromatic nitrogens is 3. The molecular formula is C17H14ClN3O. The summed E-state index contributed by atoms with van der Waals surface area (Å²) in [6.07, 6.45) is 3.38. The Labute approximate surface area is 133 Å². The SMILES string of the molecule is O=C(CC(c1cccc(Cl)c1)n1cncn1)c1ccccc1. The molecule has 0 radical (unpaired) electrons. The first kappa shape index (κ1) is 14.5. The van der Waals surface area contributed by atoms with Crippen LogP contribution in [0.5, 0.6) is 0 Å². The van der Waals surface area contributed by atoms with Crippen LogP contribution in [0, 0.1) is 0 Å². The third-order valence-electron chi connectivity index (χ3n) is 3.46. The molecule has 4 nitrogen and oxygen atoms in total. The van der Waals surface area contributed by atoms with Gasteiger partial charge in [-0.3, -0.25) is 4.79 Å². The van der Waals surface area contributed by atoms with Gasteiger partial charge < -0.3 is 0 Å². The summed E-state index contributed by atoms with van der Waals surface area (Å²) in [4.78, 5) is 16.5. The van der Waals surface area contributed by atoms with Crippen LogP contribution >= 0.6 is 11.6 Å². The van der Waals surface area contributed by atoms with Gasteiger partial charge in [-0.25, -0.2) is 9.67 Å². The van der Waals surface area contributed by atoms with Crippen LogP contribution in [0.25, 0.3) is 0 Å². The van der Waals surface area contributed by atoms with Gasteiger partial charge in [0.25, 0.3) is 0 Å². The highest BCUT2D eigenvalue weighted by Gasteiger charge is 2.19. The maximum Gasteiger partial charge on any atom is 0.165 e. The van der Waals surface area contributed by atoms with E-state index in [-0.39, 0.29) is 11.8 Å². The molecule has 0 fully saturated rings. The maximum atomic E-state index is 12.5. The Bertz CT molecular complexity index is 757. The number of benzene rings is 2. The van der Waals surface area contributed by atoms with Crippen molar-refractivity contribution >= 4 is 17.4 Å². The van der Waals surface area contributed by atoms with Crippen molar-refractivity contribution in [3.05, 3.63) is 83.4 Å². The van der Waals surface area contributed by atoms with Crippen molar-refractivity contribution in [2.24, 2.45) is 0 Å². The zero-order valence-corrected chi connectivity index (χ0v) is 12.5. The molecule has 0 aliphatic rings. The average Bonchev–Trinajstić information content (AvgIpc) is 3.07. The summed E-state index contributed by atoms with van der Waals surface area (Å²) >= 11 is 6.07. The van der Waals surface area contributed by atoms with Crippen molar-refractivity contribution in [1.82, 2.24) is 14.8 Å². The minimum absolute atomic E-state index is 0.0566. The second-order valence-electron chi connectivity index (χ2n) is 4.94. The van der Waals surface area contributed by atoms with E-state index in [1.807, 2.05) is 54.6 Å². The number of hydrogen-bond donors (Lipinski definition) is 0. The molecule has 0 aliphatic carbocycles. The number of carbonyl (C=O) groups excluding carboxylic acids is 1. The molecule has 1 heterocycles. The van der Waals surface area contributed by atoms with E-state index in [0.29, 0.717) is 17.0 Å². The Balaban J connectivity index is 1.92. The Morgan fingerprint density at radius 1 is 1.14 bits per heavy atom. The second kappa shape index (κ2) is 6.54. The quantitative estimate of drug-likeness (QED) is 0.673. The van der Waals surface area contributed by atoms with Gasteiger partial charge in [-0.2, -0.15) is 5.10 Å². The summed E-state index contributed by atoms with van der Waals surface area (Å²) in [5.41, 5.74) is 1.62. The number of rotatable bonds is 5. The predicted molar refractivity (Wildman–Crippen MR) is 85.0 cm³/mol. The number of ketones is 1. The third-order valence-corrected chi connectivity index (χ3v) is 3.70. The van der Waals surface area contributed by atoms with E-state index in [4.69, 9.17) is 11.6 Å². The summed E-state index contributed by atoms with van der Waals surface area (Å²) < 4.78 is 1.69. The smallest absolute Gasteiger partial charge is 0.165 e. The molecule has 3 aromatic rings. The van der Waals surface area contributed by atoms with E-state index < -0.39 is 0 Å². The molecule has 0 aliphatic heterocycles. The Morgan fingerprint density at radius 2 is 1.95 bits per heavy atom. The maximum absolute atomic E-state index is 12.5. The molecule has 0 amide bonds. The number of carbonyl (C=O) groups is 1. The predicted octanol–water partition coefficient (Wildman–Crippen LogP) is 3.79. The standard InChI is InChI=1S/C17H14ClN3O/c18-15-8-4-7-14(9-15)16(21-12-19-11-20-21)10-17(22)13-5-2-1-3-6-13/h1-9,11-12,16H,10H2. The van der Waals surface area contributed by atoms with Crippen LogP contribution in [-0.2, 0) is 0 Å². The molecule has 1 aromatic heterocycles. The fraction of sp³-hybridized carbons (Fsp3) is 0.118. The van der Waals surface area contributed by atoms with Gasteiger partial charge in [-0.15, -0.1) is 0 Å². The van der Waals surface area contributed by atoms with Crippen molar-refractivity contribution in [2.45, 2.75) is 12.5 Å². The van der Waals surface area contributed by atoms with Crippen molar-refractivity contribution < 1.29 is 4.79 Å². The molecular weight excluding hydrogens is 298 g/mol. The minimum atomic E-state index is -0.228. The molecule has 22 heavy (non-hydrogen) atoms. The van der Waals surface area contributed by atoms with E-state index in [1.54, 1.807) is 11.0 Å². The van der Waals surface area contributed by atoms with Gasteiger partial charge in [0.2, 0.25) is 0 Å². The van der Waals surface area contributed by atoms with Crippen LogP contribution in [0.15, 0.2) is 67.3 Å². The van der Waals surface area contributed by atoms with E-state index in [9.17, 15) is 4.79 Å². The first-order chi connectivity index (χ1) is 10.7. The van der Waals surface area contributed by atoms with Crippen molar-refractivity contribution in [3.63, 3.8) is 0 Å². The fourth-order valence-electron chi connectivity index (χ4n) is 2.37. The Kier molecular flexibility index (Phi) is 4.30. The van der Waals surface area contributed by atoms with Gasteiger partial charge in [0, 0.05) is 17.0 Å². The lowest BCUT2D eigenvalue weighted by Crippen LogP contribution is -2.16. The molecule has 2 aromatic carbocycles. The van der Waals surface area contributed by atoms with Crippen LogP contribution in [-0.4, -0.2) is 20.5 Å². The Morgan fingerprint density at radius 3 is 2.64 bits per heavy atom. The van der Waals surface area contributed by atoms with Crippen LogP contribution in [0.1, 0.15) is 28.4 Å². The largest absolute Gasteiger partial charge is 0.294 e. The van der Waals surface area contributed by atoms with Crippen LogP contribution < -0.4 is 0 Å². The highest BCUT2D eigenvalue weighted by Crippen LogP contribution is 2.25. The monoisotopic (exact) mass is 311 g/mol. The number of nitrogens with zero attached hydrogens (tertiary/aromatic N) is 3. The van der Waals surface area contributed by atoms with Gasteiger partial charge >= 0.3 is 0 Å². The lowest BCUT2D eigenvalue weighted by molar-refractivity contribution is 0.0967. The van der Waals surface area contributed by atoms with Crippen molar-refractivity contribution in [2.75, 3.05) is 0 Å². The summed E-state index contributed by atoms with van der Waals surface area (Å²) in [7, 11) is 0. The normalized spacial score (nSPS) is 12.0. The van der Waals surface area contributed by atoms with Crippen molar-refractivity contribution in [3.8, 4) is 0 Å². The van der Waals surface area contributed by atoms with E-state index in [2.05, 4.69) is 10.1 Å². The lowest BCUT2D eigenvalue weighted by Gasteiger charge is -2.17. The summed E-state index contributed by atoms with van der Waals surface area (Å²) in [6, 6.07) is 16.5. The molecule has 0 saturated carbocycles. The van der Waals surface area contributed by atoms with Crippen LogP contribution in [0.4, 0.5) is 0 Å². The third kappa shape index (κ3) is 3.23. The second-order valence-corrected chi connectivity index (χ2v) is 5.38. The van der Waals surface area contributed by atoms with Gasteiger partial charge in [-0.1, -0.05) is 54.1 Å². The average molecular weight is 312 g/mol. The highest BCUT2D eigenvalue weighted by molar-refractivity contribution is 6.30. The molecule has 0 spiro atoms. The summed E-state index contributed by atoms with van der Waals surface area (Å²) in [5.74, 6) is 0.0566. The van der Waals surface area contributed by atoms with Gasteiger partial charge in [0.05, 0.1) is 6.04 Å². The van der Waals surface area contributed by atoms with E-state index >= 15 is 0 Å². The first-order valence-corrected chi connectivity index (χ1v) is 7.29. The highest BCUT2D eigenvalue weighted by atomic mass is 35.5. The van der Waals surface area contributed by atoms with Gasteiger partial charge in [-0.05, 0) is 17.7 Å². The molecule has 0 N–H and O–H groups in total. The molecule has 1 atom stereocenters. The molecule has 5 heteroatoms. The molecule has 0 bridgehead atoms. The zero-order valence-electron chi connectivity index (χ0n) is 11.8. The van der Waals surface area contributed by atoms with E-state index in [1.165, 1.54) is 6.33 Å². The number of hydrogen-bond acceptors (Lipinski definition) is 3. The van der Waals surface area contributed by atoms with Crippen molar-refractivity contribution in [1.29, 1.82) is 0 Å². The molecule has 110 valence electrons. The van der Waals surface area contributed by atoms with Gasteiger partial charge in [0.15, 0.2) is 5.78 Å². The van der Waals surface area contributed by atoms with Gasteiger partial charge in [0.1, 0.15) is 12.7 Å². The lowest BCUT2D eigenvalue weighted by atomic mass is 9.98. The van der Waals surface area contributed by atoms with E-state index in [0.717, 1.165) is 5.56 Å². The summed E-state index contributed by atoms with van der Waals surface area (Å²) in [6.45, 7) is 0. The Hall–Kier alpha value is -2.46. The van der Waals surface area contributed by atoms with Crippen LogP contribution in [0.2, 0.25) is 5.02 Å². The topological polar surface area (TPSA) is 47.8 Å². The van der Waals surface area contributed by atoms with Crippen LogP contribution in [0.3, 0.4) is 0 Å².